The lowest BCUT2D eigenvalue weighted by Gasteiger charge is -2.20. The molecule has 1 amide bonds. The lowest BCUT2D eigenvalue weighted by atomic mass is 10.0. The van der Waals surface area contributed by atoms with Gasteiger partial charge in [0.05, 0.1) is 18.3 Å². The Kier molecular flexibility index (Phi) is 5.51. The molecule has 0 bridgehead atoms. The molecule has 4 heterocycles. The molecule has 0 aliphatic carbocycles. The van der Waals surface area contributed by atoms with Crippen molar-refractivity contribution in [3.05, 3.63) is 76.8 Å². The van der Waals surface area contributed by atoms with Crippen molar-refractivity contribution in [3.8, 4) is 11.3 Å². The van der Waals surface area contributed by atoms with E-state index < -0.39 is 0 Å². The second kappa shape index (κ2) is 8.63. The molecule has 9 heteroatoms. The second-order valence-corrected chi connectivity index (χ2v) is 8.31. The van der Waals surface area contributed by atoms with E-state index in [1.165, 1.54) is 0 Å². The van der Waals surface area contributed by atoms with Gasteiger partial charge in [0.25, 0.3) is 0 Å². The summed E-state index contributed by atoms with van der Waals surface area (Å²) in [7, 11) is 1.85. The minimum atomic E-state index is 0.0178. The fourth-order valence-corrected chi connectivity index (χ4v) is 4.36. The van der Waals surface area contributed by atoms with Crippen molar-refractivity contribution in [3.63, 3.8) is 0 Å². The number of benzene rings is 1. The van der Waals surface area contributed by atoms with Crippen molar-refractivity contribution < 1.29 is 4.79 Å². The lowest BCUT2D eigenvalue weighted by Crippen LogP contribution is -2.31. The molecule has 3 aromatic heterocycles. The Balaban J connectivity index is 1.40. The number of nitrogens with zero attached hydrogens (tertiary/aromatic N) is 6. The zero-order valence-corrected chi connectivity index (χ0v) is 19.0. The third-order valence-corrected chi connectivity index (χ3v) is 6.09. The number of anilines is 3. The summed E-state index contributed by atoms with van der Waals surface area (Å²) in [5, 5.41) is 7.71. The first-order valence-electron chi connectivity index (χ1n) is 10.6. The summed E-state index contributed by atoms with van der Waals surface area (Å²) in [6, 6.07) is 11.6. The number of aromatic nitrogens is 5. The van der Waals surface area contributed by atoms with Crippen molar-refractivity contribution >= 4 is 35.0 Å². The van der Waals surface area contributed by atoms with Crippen LogP contribution < -0.4 is 10.2 Å². The van der Waals surface area contributed by atoms with Crippen LogP contribution in [0.1, 0.15) is 16.7 Å². The minimum absolute atomic E-state index is 0.0178. The monoisotopic (exact) mass is 459 g/mol. The van der Waals surface area contributed by atoms with Crippen LogP contribution in [0.15, 0.2) is 55.0 Å². The summed E-state index contributed by atoms with van der Waals surface area (Å²) in [6.07, 6.45) is 6.09. The maximum atomic E-state index is 13.1. The molecule has 0 saturated carbocycles. The van der Waals surface area contributed by atoms with Gasteiger partial charge in [-0.3, -0.25) is 9.48 Å². The maximum absolute atomic E-state index is 13.1. The van der Waals surface area contributed by atoms with E-state index >= 15 is 0 Å². The number of hydrogen-bond donors (Lipinski definition) is 1. The Bertz CT molecular complexity index is 1350. The van der Waals surface area contributed by atoms with Gasteiger partial charge in [0.1, 0.15) is 11.0 Å². The van der Waals surface area contributed by atoms with E-state index in [-0.39, 0.29) is 12.3 Å². The number of amides is 1. The molecule has 1 aliphatic heterocycles. The van der Waals surface area contributed by atoms with Gasteiger partial charge in [0, 0.05) is 43.3 Å². The summed E-state index contributed by atoms with van der Waals surface area (Å²) in [5.41, 5.74) is 5.69. The highest BCUT2D eigenvalue weighted by molar-refractivity contribution is 6.30. The third kappa shape index (κ3) is 4.17. The highest BCUT2D eigenvalue weighted by Gasteiger charge is 2.27. The second-order valence-electron chi connectivity index (χ2n) is 7.96. The Morgan fingerprint density at radius 1 is 1.15 bits per heavy atom. The number of rotatable bonds is 5. The highest BCUT2D eigenvalue weighted by atomic mass is 35.5. The Hall–Kier alpha value is -3.78. The molecule has 1 N–H and O–H groups in total. The van der Waals surface area contributed by atoms with Crippen LogP contribution in [0.5, 0.6) is 0 Å². The molecule has 0 fully saturated rings. The summed E-state index contributed by atoms with van der Waals surface area (Å²) in [4.78, 5) is 28.0. The van der Waals surface area contributed by atoms with Crippen molar-refractivity contribution in [1.82, 2.24) is 24.7 Å². The highest BCUT2D eigenvalue weighted by Crippen LogP contribution is 2.36. The summed E-state index contributed by atoms with van der Waals surface area (Å²) in [5.74, 6) is 1.32. The van der Waals surface area contributed by atoms with E-state index in [1.54, 1.807) is 29.3 Å². The molecular weight excluding hydrogens is 438 g/mol. The SMILES string of the molecule is Cc1cc(-c2ccnc(Nc3ccnn3C)n2)cc2c1N(C(=O)Cc1cccnc1Cl)CC2. The molecule has 0 unspecified atom stereocenters. The fraction of sp³-hybridized carbons (Fsp3) is 0.208. The first kappa shape index (κ1) is 21.1. The molecule has 4 aromatic rings. The number of carbonyl (C=O) groups is 1. The van der Waals surface area contributed by atoms with Crippen LogP contribution in [-0.4, -0.2) is 37.2 Å². The number of pyridine rings is 1. The van der Waals surface area contributed by atoms with Crippen LogP contribution in [0.25, 0.3) is 11.3 Å². The molecular formula is C24H22ClN7O. The van der Waals surface area contributed by atoms with E-state index in [4.69, 9.17) is 11.6 Å². The first-order valence-corrected chi connectivity index (χ1v) is 11.0. The molecule has 0 atom stereocenters. The number of nitrogens with one attached hydrogen (secondary N) is 1. The standard InChI is InChI=1S/C24H22ClN7O/c1-15-12-18(19-5-9-27-24(29-19)30-20-6-10-28-31(20)2)13-16-7-11-32(22(15)16)21(33)14-17-4-3-8-26-23(17)25/h3-6,8-10,12-13H,7,11,14H2,1-2H3,(H,27,29,30). The molecule has 1 aromatic carbocycles. The zero-order chi connectivity index (χ0) is 22.9. The molecule has 1 aliphatic rings. The average molecular weight is 460 g/mol. The number of halogens is 1. The molecule has 33 heavy (non-hydrogen) atoms. The van der Waals surface area contributed by atoms with Crippen LogP contribution in [0.3, 0.4) is 0 Å². The van der Waals surface area contributed by atoms with Crippen molar-refractivity contribution in [2.45, 2.75) is 19.8 Å². The van der Waals surface area contributed by atoms with Crippen molar-refractivity contribution in [2.24, 2.45) is 7.05 Å². The zero-order valence-electron chi connectivity index (χ0n) is 18.3. The van der Waals surface area contributed by atoms with Crippen LogP contribution in [-0.2, 0) is 24.7 Å². The van der Waals surface area contributed by atoms with E-state index in [0.717, 1.165) is 45.9 Å². The van der Waals surface area contributed by atoms with Gasteiger partial charge in [-0.15, -0.1) is 0 Å². The lowest BCUT2D eigenvalue weighted by molar-refractivity contribution is -0.117. The van der Waals surface area contributed by atoms with E-state index in [1.807, 2.05) is 37.1 Å². The van der Waals surface area contributed by atoms with Gasteiger partial charge in [-0.1, -0.05) is 17.7 Å². The number of aryl methyl sites for hydroxylation is 2. The number of hydrogen-bond acceptors (Lipinski definition) is 6. The fourth-order valence-electron chi connectivity index (χ4n) is 4.17. The maximum Gasteiger partial charge on any atom is 0.231 e. The summed E-state index contributed by atoms with van der Waals surface area (Å²) < 4.78 is 1.72. The number of carbonyl (C=O) groups excluding carboxylic acids is 1. The Morgan fingerprint density at radius 2 is 2.03 bits per heavy atom. The van der Waals surface area contributed by atoms with E-state index in [2.05, 4.69) is 37.5 Å². The van der Waals surface area contributed by atoms with Gasteiger partial charge in [-0.25, -0.2) is 15.0 Å². The molecule has 8 nitrogen and oxygen atoms in total. The van der Waals surface area contributed by atoms with Crippen LogP contribution in [0.4, 0.5) is 17.5 Å². The normalized spacial score (nSPS) is 12.6. The van der Waals surface area contributed by atoms with Gasteiger partial charge in [0.15, 0.2) is 0 Å². The molecule has 0 saturated heterocycles. The van der Waals surface area contributed by atoms with Crippen LogP contribution >= 0.6 is 11.6 Å². The number of fused-ring (bicyclic) bond motifs is 1. The average Bonchev–Trinajstić information content (AvgIpc) is 3.42. The molecule has 5 rings (SSSR count). The van der Waals surface area contributed by atoms with Gasteiger partial charge >= 0.3 is 0 Å². The quantitative estimate of drug-likeness (QED) is 0.452. The van der Waals surface area contributed by atoms with Crippen molar-refractivity contribution in [2.75, 3.05) is 16.8 Å². The first-order chi connectivity index (χ1) is 16.0. The topological polar surface area (TPSA) is 88.8 Å². The van der Waals surface area contributed by atoms with E-state index in [9.17, 15) is 4.79 Å². The molecule has 0 spiro atoms. The third-order valence-electron chi connectivity index (χ3n) is 5.75. The predicted octanol–water partition coefficient (Wildman–Crippen LogP) is 4.11. The van der Waals surface area contributed by atoms with Crippen LogP contribution in [0, 0.1) is 6.92 Å². The predicted molar refractivity (Wildman–Crippen MR) is 128 cm³/mol. The Labute approximate surface area is 196 Å². The van der Waals surface area contributed by atoms with Gasteiger partial charge < -0.3 is 10.2 Å². The molecule has 166 valence electrons. The minimum Gasteiger partial charge on any atom is -0.311 e. The molecule has 0 radical (unpaired) electrons. The van der Waals surface area contributed by atoms with Gasteiger partial charge in [0.2, 0.25) is 11.9 Å². The summed E-state index contributed by atoms with van der Waals surface area (Å²) in [6.45, 7) is 2.67. The smallest absolute Gasteiger partial charge is 0.231 e. The van der Waals surface area contributed by atoms with Gasteiger partial charge in [-0.2, -0.15) is 5.10 Å². The van der Waals surface area contributed by atoms with E-state index in [0.29, 0.717) is 17.6 Å². The Morgan fingerprint density at radius 3 is 2.82 bits per heavy atom. The van der Waals surface area contributed by atoms with Crippen molar-refractivity contribution in [1.29, 1.82) is 0 Å². The largest absolute Gasteiger partial charge is 0.311 e. The van der Waals surface area contributed by atoms with Gasteiger partial charge in [-0.05, 0) is 54.3 Å². The summed E-state index contributed by atoms with van der Waals surface area (Å²) >= 11 is 6.16. The van der Waals surface area contributed by atoms with Crippen LogP contribution in [0.2, 0.25) is 5.15 Å².